The van der Waals surface area contributed by atoms with Crippen LogP contribution in [0.4, 0.5) is 5.13 Å². The van der Waals surface area contributed by atoms with E-state index < -0.39 is 10.2 Å². The molecule has 0 radical (unpaired) electrons. The van der Waals surface area contributed by atoms with Gasteiger partial charge in [0.25, 0.3) is 0 Å². The maximum Gasteiger partial charge on any atom is 0.303 e. The molecule has 0 aliphatic heterocycles. The molecule has 1 aromatic heterocycles. The Hall–Kier alpha value is -1.19. The van der Waals surface area contributed by atoms with Gasteiger partial charge in [0, 0.05) is 18.5 Å². The van der Waals surface area contributed by atoms with Crippen LogP contribution in [0, 0.1) is 0 Å². The minimum absolute atomic E-state index is 0.250. The molecule has 0 aromatic carbocycles. The van der Waals surface area contributed by atoms with Crippen LogP contribution in [0.15, 0.2) is 10.5 Å². The van der Waals surface area contributed by atoms with E-state index in [1.807, 2.05) is 0 Å². The molecule has 18 heavy (non-hydrogen) atoms. The fourth-order valence-corrected chi connectivity index (χ4v) is 3.46. The van der Waals surface area contributed by atoms with Crippen molar-refractivity contribution in [3.8, 4) is 0 Å². The van der Waals surface area contributed by atoms with Gasteiger partial charge in [-0.25, -0.2) is 9.71 Å². The Morgan fingerprint density at radius 3 is 2.67 bits per heavy atom. The van der Waals surface area contributed by atoms with Crippen LogP contribution in [0.25, 0.3) is 0 Å². The third kappa shape index (κ3) is 3.40. The lowest BCUT2D eigenvalue weighted by atomic mass is 10.3. The van der Waals surface area contributed by atoms with Crippen LogP contribution < -0.4 is 4.72 Å². The van der Waals surface area contributed by atoms with Crippen LogP contribution >= 0.6 is 11.3 Å². The van der Waals surface area contributed by atoms with Gasteiger partial charge in [-0.2, -0.15) is 12.7 Å². The topological polar surface area (TPSA) is 94.9 Å². The minimum atomic E-state index is -3.57. The van der Waals surface area contributed by atoms with Crippen molar-refractivity contribution in [1.82, 2.24) is 9.29 Å². The summed E-state index contributed by atoms with van der Waals surface area (Å²) in [6.45, 7) is 5.89. The van der Waals surface area contributed by atoms with Crippen LogP contribution in [-0.2, 0) is 10.2 Å². The molecule has 0 saturated heterocycles. The van der Waals surface area contributed by atoms with Gasteiger partial charge >= 0.3 is 10.2 Å². The van der Waals surface area contributed by atoms with Crippen molar-refractivity contribution < 1.29 is 13.6 Å². The van der Waals surface area contributed by atoms with Crippen molar-refractivity contribution in [2.45, 2.75) is 20.8 Å². The first-order chi connectivity index (χ1) is 8.44. The van der Waals surface area contributed by atoms with Crippen LogP contribution in [0.2, 0.25) is 0 Å². The molecule has 7 nitrogen and oxygen atoms in total. The van der Waals surface area contributed by atoms with E-state index in [1.165, 1.54) is 4.31 Å². The largest absolute Gasteiger partial charge is 0.411 e. The maximum absolute atomic E-state index is 11.9. The Morgan fingerprint density at radius 2 is 2.17 bits per heavy atom. The number of nitrogens with zero attached hydrogens (tertiary/aromatic N) is 3. The molecule has 1 heterocycles. The summed E-state index contributed by atoms with van der Waals surface area (Å²) in [5.41, 5.74) is 0.777. The summed E-state index contributed by atoms with van der Waals surface area (Å²) >= 11 is 1.14. The Bertz CT molecular complexity index is 520. The molecule has 102 valence electrons. The van der Waals surface area contributed by atoms with E-state index in [1.54, 1.807) is 26.2 Å². The maximum atomic E-state index is 11.9. The zero-order valence-corrected chi connectivity index (χ0v) is 12.0. The van der Waals surface area contributed by atoms with Gasteiger partial charge in [0.05, 0.1) is 0 Å². The van der Waals surface area contributed by atoms with Gasteiger partial charge < -0.3 is 5.21 Å². The fraction of sp³-hybridized carbons (Fsp3) is 0.556. The number of hydrogen-bond acceptors (Lipinski definition) is 6. The van der Waals surface area contributed by atoms with Gasteiger partial charge in [-0.15, -0.1) is 11.3 Å². The lowest BCUT2D eigenvalue weighted by molar-refractivity contribution is 0.319. The van der Waals surface area contributed by atoms with Gasteiger partial charge in [-0.3, -0.25) is 0 Å². The summed E-state index contributed by atoms with van der Waals surface area (Å²) in [4.78, 5) is 4.03. The molecule has 0 atom stereocenters. The smallest absolute Gasteiger partial charge is 0.303 e. The Kier molecular flexibility index (Phi) is 5.05. The minimum Gasteiger partial charge on any atom is -0.411 e. The van der Waals surface area contributed by atoms with E-state index in [-0.39, 0.29) is 5.13 Å². The van der Waals surface area contributed by atoms with Crippen molar-refractivity contribution in [2.24, 2.45) is 5.16 Å². The first-order valence-electron chi connectivity index (χ1n) is 5.37. The normalized spacial score (nSPS) is 13.0. The van der Waals surface area contributed by atoms with E-state index in [4.69, 9.17) is 5.21 Å². The number of hydrogen-bond donors (Lipinski definition) is 2. The summed E-state index contributed by atoms with van der Waals surface area (Å²) < 4.78 is 27.5. The molecule has 0 fully saturated rings. The van der Waals surface area contributed by atoms with Crippen molar-refractivity contribution in [1.29, 1.82) is 0 Å². The van der Waals surface area contributed by atoms with Gasteiger partial charge in [0.1, 0.15) is 11.4 Å². The van der Waals surface area contributed by atoms with Gasteiger partial charge in [0.2, 0.25) is 0 Å². The number of nitrogens with one attached hydrogen (secondary N) is 1. The molecular formula is C9H16N4O3S2. The highest BCUT2D eigenvalue weighted by molar-refractivity contribution is 7.90. The summed E-state index contributed by atoms with van der Waals surface area (Å²) in [5.74, 6) is 0. The predicted octanol–water partition coefficient (Wildman–Crippen LogP) is 1.34. The molecule has 9 heteroatoms. The highest BCUT2D eigenvalue weighted by Gasteiger charge is 2.20. The SMILES string of the molecule is CCN(CC)S(=O)(=O)Nc1nc(C(C)=NO)cs1. The lowest BCUT2D eigenvalue weighted by Crippen LogP contribution is -2.35. The molecule has 0 spiro atoms. The molecule has 0 saturated carbocycles. The summed E-state index contributed by atoms with van der Waals surface area (Å²) in [5, 5.41) is 13.5. The molecule has 0 aliphatic rings. The monoisotopic (exact) mass is 292 g/mol. The Morgan fingerprint density at radius 1 is 1.56 bits per heavy atom. The second-order valence-electron chi connectivity index (χ2n) is 3.41. The third-order valence-electron chi connectivity index (χ3n) is 2.29. The average Bonchev–Trinajstić information content (AvgIpc) is 2.76. The number of oxime groups is 1. The average molecular weight is 292 g/mol. The highest BCUT2D eigenvalue weighted by Crippen LogP contribution is 2.18. The summed E-state index contributed by atoms with van der Waals surface area (Å²) in [7, 11) is -3.57. The molecule has 0 amide bonds. The molecule has 1 rings (SSSR count). The first kappa shape index (κ1) is 14.9. The van der Waals surface area contributed by atoms with Crippen molar-refractivity contribution >= 4 is 32.4 Å². The second kappa shape index (κ2) is 6.12. The molecule has 0 unspecified atom stereocenters. The van der Waals surface area contributed by atoms with Crippen LogP contribution in [-0.4, -0.2) is 41.7 Å². The molecule has 0 bridgehead atoms. The van der Waals surface area contributed by atoms with Crippen LogP contribution in [0.3, 0.4) is 0 Å². The molecule has 0 aliphatic carbocycles. The quantitative estimate of drug-likeness (QED) is 0.470. The number of thiazole rings is 1. The van der Waals surface area contributed by atoms with Crippen molar-refractivity contribution in [3.63, 3.8) is 0 Å². The van der Waals surface area contributed by atoms with E-state index in [0.29, 0.717) is 24.5 Å². The summed E-state index contributed by atoms with van der Waals surface area (Å²) in [6.07, 6.45) is 0. The Labute approximate surface area is 110 Å². The predicted molar refractivity (Wildman–Crippen MR) is 71.6 cm³/mol. The van der Waals surface area contributed by atoms with Crippen LogP contribution in [0.5, 0.6) is 0 Å². The molecule has 1 aromatic rings. The third-order valence-corrected chi connectivity index (χ3v) is 4.82. The molecule has 2 N–H and O–H groups in total. The van der Waals surface area contributed by atoms with E-state index in [9.17, 15) is 8.42 Å². The second-order valence-corrected chi connectivity index (χ2v) is 5.94. The van der Waals surface area contributed by atoms with Gasteiger partial charge in [0.15, 0.2) is 5.13 Å². The van der Waals surface area contributed by atoms with Crippen LogP contribution in [0.1, 0.15) is 26.5 Å². The number of anilines is 1. The van der Waals surface area contributed by atoms with E-state index in [2.05, 4.69) is 14.9 Å². The fourth-order valence-electron chi connectivity index (χ4n) is 1.28. The van der Waals surface area contributed by atoms with E-state index >= 15 is 0 Å². The summed E-state index contributed by atoms with van der Waals surface area (Å²) in [6, 6.07) is 0. The van der Waals surface area contributed by atoms with E-state index in [0.717, 1.165) is 11.3 Å². The number of aromatic nitrogens is 1. The van der Waals surface area contributed by atoms with Gasteiger partial charge in [-0.05, 0) is 6.92 Å². The zero-order chi connectivity index (χ0) is 13.8. The first-order valence-corrected chi connectivity index (χ1v) is 7.69. The zero-order valence-electron chi connectivity index (χ0n) is 10.4. The van der Waals surface area contributed by atoms with Gasteiger partial charge in [-0.1, -0.05) is 19.0 Å². The van der Waals surface area contributed by atoms with Crippen molar-refractivity contribution in [3.05, 3.63) is 11.1 Å². The Balaban J connectivity index is 2.88. The molecular weight excluding hydrogens is 276 g/mol. The highest BCUT2D eigenvalue weighted by atomic mass is 32.2. The lowest BCUT2D eigenvalue weighted by Gasteiger charge is -2.17. The standard InChI is InChI=1S/C9H16N4O3S2/c1-4-13(5-2)18(15,16)12-9-10-8(6-17-9)7(3)11-14/h6,14H,4-5H2,1-3H3,(H,10,12). The van der Waals surface area contributed by atoms with Crippen molar-refractivity contribution in [2.75, 3.05) is 17.8 Å². The number of rotatable bonds is 6.